The van der Waals surface area contributed by atoms with Crippen molar-refractivity contribution in [2.24, 2.45) is 11.5 Å². The fourth-order valence-electron chi connectivity index (χ4n) is 2.56. The maximum Gasteiger partial charge on any atom is 0.326 e. The number of benzene rings is 1. The van der Waals surface area contributed by atoms with Crippen LogP contribution in [0.5, 0.6) is 0 Å². The predicted molar refractivity (Wildman–Crippen MR) is 110 cm³/mol. The van der Waals surface area contributed by atoms with E-state index in [0.29, 0.717) is 5.56 Å². The Morgan fingerprint density at radius 2 is 1.34 bits per heavy atom. The van der Waals surface area contributed by atoms with Gasteiger partial charge in [0.15, 0.2) is 0 Å². The molecule has 0 saturated heterocycles. The van der Waals surface area contributed by atoms with E-state index >= 15 is 0 Å². The van der Waals surface area contributed by atoms with Crippen LogP contribution in [0.25, 0.3) is 0 Å². The van der Waals surface area contributed by atoms with E-state index in [9.17, 15) is 34.2 Å². The second-order valence-electron chi connectivity index (χ2n) is 6.85. The molecule has 0 heterocycles. The van der Waals surface area contributed by atoms with Crippen molar-refractivity contribution in [2.45, 2.75) is 37.0 Å². The van der Waals surface area contributed by atoms with Crippen LogP contribution >= 0.6 is 0 Å². The van der Waals surface area contributed by atoms with E-state index < -0.39 is 73.4 Å². The minimum Gasteiger partial charge on any atom is -0.480 e. The maximum absolute atomic E-state index is 12.7. The van der Waals surface area contributed by atoms with Gasteiger partial charge in [-0.1, -0.05) is 30.3 Å². The van der Waals surface area contributed by atoms with Gasteiger partial charge in [-0.3, -0.25) is 19.2 Å². The molecule has 0 aliphatic rings. The number of carbonyl (C=O) groups is 5. The van der Waals surface area contributed by atoms with Gasteiger partial charge < -0.3 is 42.7 Å². The zero-order valence-electron chi connectivity index (χ0n) is 17.1. The van der Waals surface area contributed by atoms with E-state index in [1.807, 2.05) is 0 Å². The average Bonchev–Trinajstić information content (AvgIpc) is 2.75. The molecule has 176 valence electrons. The molecule has 1 aromatic carbocycles. The Hall–Kier alpha value is -3.55. The molecule has 0 radical (unpaired) electrons. The Labute approximate surface area is 183 Å². The monoisotopic (exact) mass is 453 g/mol. The summed E-state index contributed by atoms with van der Waals surface area (Å²) < 4.78 is 0. The van der Waals surface area contributed by atoms with E-state index in [0.717, 1.165) is 0 Å². The first-order valence-corrected chi connectivity index (χ1v) is 9.52. The molecule has 10 N–H and O–H groups in total. The van der Waals surface area contributed by atoms with Crippen LogP contribution in [0.3, 0.4) is 0 Å². The number of carboxylic acid groups (broad SMARTS) is 1. The largest absolute Gasteiger partial charge is 0.480 e. The zero-order valence-corrected chi connectivity index (χ0v) is 17.1. The van der Waals surface area contributed by atoms with E-state index in [4.69, 9.17) is 16.6 Å². The molecule has 0 bridgehead atoms. The highest BCUT2D eigenvalue weighted by molar-refractivity contribution is 5.95. The van der Waals surface area contributed by atoms with Gasteiger partial charge in [-0.25, -0.2) is 4.79 Å². The second kappa shape index (κ2) is 13.0. The Morgan fingerprint density at radius 1 is 0.812 bits per heavy atom. The topological polar surface area (TPSA) is 234 Å². The molecule has 4 unspecified atom stereocenters. The maximum atomic E-state index is 12.7. The van der Waals surface area contributed by atoms with Gasteiger partial charge in [-0.15, -0.1) is 0 Å². The number of rotatable bonds is 13. The van der Waals surface area contributed by atoms with Crippen LogP contribution in [0.1, 0.15) is 12.0 Å². The van der Waals surface area contributed by atoms with Gasteiger partial charge in [0.2, 0.25) is 23.6 Å². The minimum atomic E-state index is -1.62. The number of amides is 4. The minimum absolute atomic E-state index is 0.0659. The van der Waals surface area contributed by atoms with Gasteiger partial charge in [0.1, 0.15) is 24.2 Å². The molecule has 0 spiro atoms. The number of nitrogens with two attached hydrogens (primary N) is 2. The van der Waals surface area contributed by atoms with Crippen LogP contribution in [0, 0.1) is 0 Å². The van der Waals surface area contributed by atoms with Gasteiger partial charge in [-0.05, 0) is 5.56 Å². The molecular weight excluding hydrogens is 426 g/mol. The van der Waals surface area contributed by atoms with Gasteiger partial charge in [0, 0.05) is 6.42 Å². The number of primary amides is 1. The molecule has 0 fully saturated rings. The molecule has 32 heavy (non-hydrogen) atoms. The highest BCUT2D eigenvalue weighted by Crippen LogP contribution is 2.05. The molecule has 0 aliphatic carbocycles. The first-order valence-electron chi connectivity index (χ1n) is 9.52. The smallest absolute Gasteiger partial charge is 0.326 e. The Balaban J connectivity index is 3.03. The van der Waals surface area contributed by atoms with Crippen LogP contribution in [0.15, 0.2) is 30.3 Å². The average molecular weight is 453 g/mol. The fourth-order valence-corrected chi connectivity index (χ4v) is 2.56. The van der Waals surface area contributed by atoms with Crippen LogP contribution < -0.4 is 27.4 Å². The number of aliphatic hydroxyl groups is 2. The SMILES string of the molecule is NC(=O)CC(NC(=O)C(Cc1ccccc1)NC(=O)C(CO)NC(=O)C(N)CO)C(=O)O. The predicted octanol–water partition coefficient (Wildman–Crippen LogP) is -4.04. The molecule has 4 atom stereocenters. The standard InChI is InChI=1S/C19H27N5O8/c20-11(8-25)16(28)24-14(9-26)18(30)22-12(6-10-4-2-1-3-5-10)17(29)23-13(19(31)32)7-15(21)27/h1-5,11-14,25-26H,6-9,20H2,(H2,21,27)(H,22,30)(H,23,29)(H,24,28)(H,31,32). The molecule has 4 amide bonds. The molecule has 1 aromatic rings. The third-order valence-electron chi connectivity index (χ3n) is 4.28. The third kappa shape index (κ3) is 8.67. The van der Waals surface area contributed by atoms with Crippen molar-refractivity contribution in [3.8, 4) is 0 Å². The van der Waals surface area contributed by atoms with Crippen LogP contribution in [0.2, 0.25) is 0 Å². The Bertz CT molecular complexity index is 819. The molecular formula is C19H27N5O8. The summed E-state index contributed by atoms with van der Waals surface area (Å²) in [6.45, 7) is -1.53. The first kappa shape index (κ1) is 26.5. The lowest BCUT2D eigenvalue weighted by Crippen LogP contribution is -2.59. The summed E-state index contributed by atoms with van der Waals surface area (Å²) in [5.41, 5.74) is 11.0. The summed E-state index contributed by atoms with van der Waals surface area (Å²) in [6.07, 6.45) is -0.731. The van der Waals surface area contributed by atoms with Crippen molar-refractivity contribution in [3.63, 3.8) is 0 Å². The number of carbonyl (C=O) groups excluding carboxylic acids is 4. The summed E-state index contributed by atoms with van der Waals surface area (Å²) >= 11 is 0. The van der Waals surface area contributed by atoms with E-state index in [1.165, 1.54) is 0 Å². The summed E-state index contributed by atoms with van der Waals surface area (Å²) in [5.74, 6) is -5.24. The number of aliphatic carboxylic acids is 1. The molecule has 0 saturated carbocycles. The van der Waals surface area contributed by atoms with Crippen LogP contribution in [-0.4, -0.2) is 82.3 Å². The summed E-state index contributed by atoms with van der Waals surface area (Å²) in [6, 6.07) is 2.66. The zero-order chi connectivity index (χ0) is 24.3. The van der Waals surface area contributed by atoms with Crippen LogP contribution in [0.4, 0.5) is 0 Å². The first-order chi connectivity index (χ1) is 15.1. The Morgan fingerprint density at radius 3 is 1.84 bits per heavy atom. The quantitative estimate of drug-likeness (QED) is 0.145. The summed E-state index contributed by atoms with van der Waals surface area (Å²) in [7, 11) is 0. The van der Waals surface area contributed by atoms with E-state index in [-0.39, 0.29) is 6.42 Å². The normalized spacial score (nSPS) is 14.3. The van der Waals surface area contributed by atoms with E-state index in [1.54, 1.807) is 30.3 Å². The summed E-state index contributed by atoms with van der Waals surface area (Å²) in [5, 5.41) is 34.2. The molecule has 0 aromatic heterocycles. The second-order valence-corrected chi connectivity index (χ2v) is 6.85. The van der Waals surface area contributed by atoms with Crippen molar-refractivity contribution in [1.82, 2.24) is 16.0 Å². The van der Waals surface area contributed by atoms with Gasteiger partial charge >= 0.3 is 5.97 Å². The van der Waals surface area contributed by atoms with Crippen molar-refractivity contribution in [1.29, 1.82) is 0 Å². The van der Waals surface area contributed by atoms with Crippen molar-refractivity contribution in [3.05, 3.63) is 35.9 Å². The van der Waals surface area contributed by atoms with Gasteiger partial charge in [-0.2, -0.15) is 0 Å². The third-order valence-corrected chi connectivity index (χ3v) is 4.28. The number of aliphatic hydroxyl groups excluding tert-OH is 2. The van der Waals surface area contributed by atoms with Crippen molar-refractivity contribution in [2.75, 3.05) is 13.2 Å². The van der Waals surface area contributed by atoms with Gasteiger partial charge in [0.25, 0.3) is 0 Å². The number of nitrogens with one attached hydrogen (secondary N) is 3. The molecule has 13 nitrogen and oxygen atoms in total. The molecule has 13 heteroatoms. The van der Waals surface area contributed by atoms with Gasteiger partial charge in [0.05, 0.1) is 19.6 Å². The highest BCUT2D eigenvalue weighted by atomic mass is 16.4. The molecule has 0 aliphatic heterocycles. The van der Waals surface area contributed by atoms with Crippen molar-refractivity contribution >= 4 is 29.6 Å². The molecule has 1 rings (SSSR count). The van der Waals surface area contributed by atoms with E-state index in [2.05, 4.69) is 16.0 Å². The Kier molecular flexibility index (Phi) is 10.8. The lowest BCUT2D eigenvalue weighted by molar-refractivity contribution is -0.143. The number of hydrogen-bond acceptors (Lipinski definition) is 8. The van der Waals surface area contributed by atoms with Crippen molar-refractivity contribution < 1.29 is 39.3 Å². The lowest BCUT2D eigenvalue weighted by atomic mass is 10.0. The number of carboxylic acids is 1. The highest BCUT2D eigenvalue weighted by Gasteiger charge is 2.30. The lowest BCUT2D eigenvalue weighted by Gasteiger charge is -2.24. The summed E-state index contributed by atoms with van der Waals surface area (Å²) in [4.78, 5) is 59.5. The fraction of sp³-hybridized carbons (Fsp3) is 0.421. The number of hydrogen-bond donors (Lipinski definition) is 8. The van der Waals surface area contributed by atoms with Crippen LogP contribution in [-0.2, 0) is 30.4 Å².